The molecule has 0 aliphatic rings. The molecule has 0 atom stereocenters. The van der Waals surface area contributed by atoms with Crippen LogP contribution in [0.2, 0.25) is 0 Å². The van der Waals surface area contributed by atoms with E-state index in [4.69, 9.17) is 10.5 Å². The van der Waals surface area contributed by atoms with Crippen LogP contribution in [0.3, 0.4) is 0 Å². The minimum atomic E-state index is -0.455. The lowest BCUT2D eigenvalue weighted by atomic mass is 10.3. The number of ether oxygens (including phenoxy) is 1. The van der Waals surface area contributed by atoms with Crippen molar-refractivity contribution in [2.75, 3.05) is 5.73 Å². The normalized spacial score (nSPS) is 10.1. The van der Waals surface area contributed by atoms with Crippen LogP contribution >= 0.6 is 0 Å². The van der Waals surface area contributed by atoms with E-state index in [9.17, 15) is 9.18 Å². The average Bonchev–Trinajstić information content (AvgIpc) is 2.22. The fourth-order valence-electron chi connectivity index (χ4n) is 1.13. The van der Waals surface area contributed by atoms with E-state index in [1.165, 1.54) is 24.5 Å². The second-order valence-electron chi connectivity index (χ2n) is 3.03. The molecular weight excluding hydrogens is 213 g/mol. The summed E-state index contributed by atoms with van der Waals surface area (Å²) in [6.45, 7) is 0. The van der Waals surface area contributed by atoms with Crippen molar-refractivity contribution in [2.45, 2.75) is 0 Å². The molecule has 1 aromatic heterocycles. The minimum absolute atomic E-state index is 0.0991. The summed E-state index contributed by atoms with van der Waals surface area (Å²) in [5, 5.41) is 0. The Balaban J connectivity index is 2.30. The maximum Gasteiger partial charge on any atom is 0.254 e. The van der Waals surface area contributed by atoms with Crippen LogP contribution in [-0.2, 0) is 0 Å². The third kappa shape index (κ3) is 2.17. The van der Waals surface area contributed by atoms with Gasteiger partial charge in [0.1, 0.15) is 5.82 Å². The molecule has 0 spiro atoms. The molecule has 2 aromatic rings. The number of nitrogens with one attached hydrogen (secondary N) is 1. The second-order valence-corrected chi connectivity index (χ2v) is 3.03. The zero-order valence-electron chi connectivity index (χ0n) is 8.11. The van der Waals surface area contributed by atoms with Gasteiger partial charge in [-0.1, -0.05) is 0 Å². The van der Waals surface area contributed by atoms with Gasteiger partial charge in [0.05, 0.1) is 18.1 Å². The van der Waals surface area contributed by atoms with Crippen molar-refractivity contribution < 1.29 is 9.13 Å². The smallest absolute Gasteiger partial charge is 0.254 e. The van der Waals surface area contributed by atoms with Crippen LogP contribution in [0.5, 0.6) is 11.6 Å². The first-order valence-electron chi connectivity index (χ1n) is 4.43. The van der Waals surface area contributed by atoms with E-state index in [-0.39, 0.29) is 22.9 Å². The van der Waals surface area contributed by atoms with E-state index in [2.05, 4.69) is 9.97 Å². The molecule has 6 heteroatoms. The number of aromatic nitrogens is 2. The number of benzene rings is 1. The van der Waals surface area contributed by atoms with Crippen molar-refractivity contribution in [3.63, 3.8) is 0 Å². The number of anilines is 1. The number of halogens is 1. The second kappa shape index (κ2) is 4.01. The van der Waals surface area contributed by atoms with Crippen LogP contribution in [0.4, 0.5) is 10.1 Å². The highest BCUT2D eigenvalue weighted by atomic mass is 19.1. The van der Waals surface area contributed by atoms with Gasteiger partial charge in [-0.2, -0.15) is 0 Å². The lowest BCUT2D eigenvalue weighted by Crippen LogP contribution is -2.05. The third-order valence-electron chi connectivity index (χ3n) is 1.84. The molecule has 16 heavy (non-hydrogen) atoms. The van der Waals surface area contributed by atoms with Crippen LogP contribution < -0.4 is 16.0 Å². The Morgan fingerprint density at radius 1 is 1.38 bits per heavy atom. The first-order chi connectivity index (χ1) is 7.65. The zero-order valence-corrected chi connectivity index (χ0v) is 8.11. The number of rotatable bonds is 2. The molecular formula is C10H8FN3O2. The number of nitrogen functional groups attached to an aromatic ring is 1. The molecule has 0 fully saturated rings. The van der Waals surface area contributed by atoms with E-state index in [0.717, 1.165) is 6.07 Å². The Labute approximate surface area is 89.7 Å². The van der Waals surface area contributed by atoms with Crippen molar-refractivity contribution in [3.8, 4) is 11.6 Å². The van der Waals surface area contributed by atoms with Gasteiger partial charge in [0.2, 0.25) is 5.88 Å². The van der Waals surface area contributed by atoms with Gasteiger partial charge in [-0.05, 0) is 12.1 Å². The van der Waals surface area contributed by atoms with Gasteiger partial charge in [0.25, 0.3) is 5.56 Å². The van der Waals surface area contributed by atoms with Crippen molar-refractivity contribution in [3.05, 3.63) is 46.8 Å². The van der Waals surface area contributed by atoms with Crippen molar-refractivity contribution >= 4 is 5.69 Å². The molecule has 0 saturated carbocycles. The Kier molecular flexibility index (Phi) is 2.55. The SMILES string of the molecule is Nc1cc(F)ccc1Oc1cc(=O)[nH]cn1. The summed E-state index contributed by atoms with van der Waals surface area (Å²) in [5.41, 5.74) is 5.33. The van der Waals surface area contributed by atoms with E-state index >= 15 is 0 Å². The Hall–Kier alpha value is -2.37. The third-order valence-corrected chi connectivity index (χ3v) is 1.84. The van der Waals surface area contributed by atoms with Gasteiger partial charge in [-0.15, -0.1) is 0 Å². The Bertz CT molecular complexity index is 568. The Morgan fingerprint density at radius 3 is 2.88 bits per heavy atom. The minimum Gasteiger partial charge on any atom is -0.437 e. The van der Waals surface area contributed by atoms with Crippen molar-refractivity contribution in [1.29, 1.82) is 0 Å². The molecule has 0 aliphatic carbocycles. The lowest BCUT2D eigenvalue weighted by molar-refractivity contribution is 0.461. The van der Waals surface area contributed by atoms with Gasteiger partial charge in [-0.3, -0.25) is 4.79 Å². The largest absolute Gasteiger partial charge is 0.437 e. The molecule has 0 unspecified atom stereocenters. The van der Waals surface area contributed by atoms with Crippen LogP contribution in [0, 0.1) is 5.82 Å². The molecule has 3 N–H and O–H groups in total. The molecule has 1 heterocycles. The predicted octanol–water partition coefficient (Wildman–Crippen LogP) is 1.28. The van der Waals surface area contributed by atoms with Gasteiger partial charge in [-0.25, -0.2) is 9.37 Å². The van der Waals surface area contributed by atoms with E-state index in [1.807, 2.05) is 0 Å². The first-order valence-corrected chi connectivity index (χ1v) is 4.43. The highest BCUT2D eigenvalue weighted by molar-refractivity contribution is 5.53. The molecule has 82 valence electrons. The molecule has 2 rings (SSSR count). The van der Waals surface area contributed by atoms with Crippen molar-refractivity contribution in [1.82, 2.24) is 9.97 Å². The molecule has 0 bridgehead atoms. The molecule has 0 aliphatic heterocycles. The van der Waals surface area contributed by atoms with E-state index in [1.54, 1.807) is 0 Å². The number of hydrogen-bond acceptors (Lipinski definition) is 4. The summed E-state index contributed by atoms with van der Waals surface area (Å²) < 4.78 is 18.0. The van der Waals surface area contributed by atoms with E-state index < -0.39 is 5.82 Å². The number of nitrogens with zero attached hydrogens (tertiary/aromatic N) is 1. The Morgan fingerprint density at radius 2 is 2.19 bits per heavy atom. The summed E-state index contributed by atoms with van der Waals surface area (Å²) in [6, 6.07) is 4.87. The molecule has 5 nitrogen and oxygen atoms in total. The van der Waals surface area contributed by atoms with Gasteiger partial charge >= 0.3 is 0 Å². The summed E-state index contributed by atoms with van der Waals surface area (Å²) in [6.07, 6.45) is 1.21. The number of hydrogen-bond donors (Lipinski definition) is 2. The fraction of sp³-hybridized carbons (Fsp3) is 0. The van der Waals surface area contributed by atoms with Crippen LogP contribution in [0.1, 0.15) is 0 Å². The highest BCUT2D eigenvalue weighted by Gasteiger charge is 2.04. The van der Waals surface area contributed by atoms with Crippen LogP contribution in [0.15, 0.2) is 35.4 Å². The monoisotopic (exact) mass is 221 g/mol. The fourth-order valence-corrected chi connectivity index (χ4v) is 1.13. The molecule has 0 radical (unpaired) electrons. The van der Waals surface area contributed by atoms with Gasteiger partial charge < -0.3 is 15.5 Å². The molecule has 0 amide bonds. The quantitative estimate of drug-likeness (QED) is 0.748. The standard InChI is InChI=1S/C10H8FN3O2/c11-6-1-2-8(7(12)3-6)16-10-4-9(15)13-5-14-10/h1-5H,12H2,(H,13,14,15). The first kappa shape index (κ1) is 10.2. The molecule has 1 aromatic carbocycles. The summed E-state index contributed by atoms with van der Waals surface area (Å²) in [5.74, 6) is -0.106. The summed E-state index contributed by atoms with van der Waals surface area (Å²) in [7, 11) is 0. The van der Waals surface area contributed by atoms with Crippen molar-refractivity contribution in [2.24, 2.45) is 0 Å². The number of aromatic amines is 1. The lowest BCUT2D eigenvalue weighted by Gasteiger charge is -2.06. The average molecular weight is 221 g/mol. The predicted molar refractivity (Wildman–Crippen MR) is 55.7 cm³/mol. The number of H-pyrrole nitrogens is 1. The maximum absolute atomic E-state index is 12.7. The zero-order chi connectivity index (χ0) is 11.5. The summed E-state index contributed by atoms with van der Waals surface area (Å²) in [4.78, 5) is 17.1. The molecule has 0 saturated heterocycles. The van der Waals surface area contributed by atoms with Gasteiger partial charge in [0, 0.05) is 6.07 Å². The topological polar surface area (TPSA) is 81.0 Å². The van der Waals surface area contributed by atoms with Crippen LogP contribution in [0.25, 0.3) is 0 Å². The summed E-state index contributed by atoms with van der Waals surface area (Å²) >= 11 is 0. The van der Waals surface area contributed by atoms with Gasteiger partial charge in [0.15, 0.2) is 5.75 Å². The highest BCUT2D eigenvalue weighted by Crippen LogP contribution is 2.25. The number of nitrogens with two attached hydrogens (primary N) is 1. The van der Waals surface area contributed by atoms with E-state index in [0.29, 0.717) is 0 Å². The maximum atomic E-state index is 12.7. The van der Waals surface area contributed by atoms with Crippen LogP contribution in [-0.4, -0.2) is 9.97 Å².